The average molecular weight is 234 g/mol. The second-order valence-electron chi connectivity index (χ2n) is 5.17. The number of nitrogens with zero attached hydrogens (tertiary/aromatic N) is 2. The minimum atomic E-state index is 0.253. The van der Waals surface area contributed by atoms with Crippen molar-refractivity contribution in [2.45, 2.75) is 26.2 Å². The van der Waals surface area contributed by atoms with E-state index in [1.165, 1.54) is 19.3 Å². The summed E-state index contributed by atoms with van der Waals surface area (Å²) in [5.41, 5.74) is 0.839. The van der Waals surface area contributed by atoms with Gasteiger partial charge in [0.15, 0.2) is 5.78 Å². The molecule has 1 aromatic heterocycles. The zero-order valence-corrected chi connectivity index (χ0v) is 10.9. The quantitative estimate of drug-likeness (QED) is 0.731. The predicted molar refractivity (Wildman–Crippen MR) is 69.2 cm³/mol. The van der Waals surface area contributed by atoms with Gasteiger partial charge in [-0.25, -0.2) is 0 Å². The van der Waals surface area contributed by atoms with Crippen LogP contribution in [0.2, 0.25) is 0 Å². The molecule has 0 N–H and O–H groups in total. The Kier molecular flexibility index (Phi) is 4.00. The third-order valence-corrected chi connectivity index (χ3v) is 3.59. The summed E-state index contributed by atoms with van der Waals surface area (Å²) in [5.74, 6) is 1.06. The van der Waals surface area contributed by atoms with Crippen molar-refractivity contribution >= 4 is 5.78 Å². The lowest BCUT2D eigenvalue weighted by molar-refractivity contribution is 0.0943. The Morgan fingerprint density at radius 1 is 1.53 bits per heavy atom. The molecule has 1 saturated heterocycles. The molecule has 1 aliphatic heterocycles. The fourth-order valence-corrected chi connectivity index (χ4v) is 2.66. The van der Waals surface area contributed by atoms with Crippen LogP contribution in [0.25, 0.3) is 0 Å². The normalized spacial score (nSPS) is 20.9. The minimum absolute atomic E-state index is 0.253. The van der Waals surface area contributed by atoms with Gasteiger partial charge in [-0.3, -0.25) is 9.69 Å². The van der Waals surface area contributed by atoms with Crippen molar-refractivity contribution in [3.05, 3.63) is 24.0 Å². The number of aromatic nitrogens is 1. The van der Waals surface area contributed by atoms with Crippen LogP contribution in [0, 0.1) is 5.92 Å². The SMILES string of the molecule is CCCC1CCN(CC(=O)c2ccn(C)c2)C1. The molecule has 1 aliphatic rings. The molecule has 1 fully saturated rings. The summed E-state index contributed by atoms with van der Waals surface area (Å²) in [5, 5.41) is 0. The average Bonchev–Trinajstić information content (AvgIpc) is 2.88. The lowest BCUT2D eigenvalue weighted by Crippen LogP contribution is -2.27. The summed E-state index contributed by atoms with van der Waals surface area (Å²) in [6.07, 6.45) is 7.65. The predicted octanol–water partition coefficient (Wildman–Crippen LogP) is 2.33. The van der Waals surface area contributed by atoms with E-state index in [4.69, 9.17) is 0 Å². The molecule has 2 heterocycles. The second-order valence-corrected chi connectivity index (χ2v) is 5.17. The molecule has 94 valence electrons. The van der Waals surface area contributed by atoms with Gasteiger partial charge in [-0.05, 0) is 31.4 Å². The molecule has 3 nitrogen and oxygen atoms in total. The Balaban J connectivity index is 1.84. The fourth-order valence-electron chi connectivity index (χ4n) is 2.66. The van der Waals surface area contributed by atoms with Gasteiger partial charge >= 0.3 is 0 Å². The van der Waals surface area contributed by atoms with E-state index in [9.17, 15) is 4.79 Å². The van der Waals surface area contributed by atoms with Crippen molar-refractivity contribution in [3.63, 3.8) is 0 Å². The van der Waals surface area contributed by atoms with Crippen LogP contribution >= 0.6 is 0 Å². The fraction of sp³-hybridized carbons (Fsp3) is 0.643. The molecule has 0 aliphatic carbocycles. The molecule has 0 bridgehead atoms. The van der Waals surface area contributed by atoms with Crippen LogP contribution in [-0.2, 0) is 7.05 Å². The van der Waals surface area contributed by atoms with Gasteiger partial charge in [0, 0.05) is 31.5 Å². The van der Waals surface area contributed by atoms with E-state index in [1.807, 2.05) is 30.1 Å². The maximum absolute atomic E-state index is 12.0. The van der Waals surface area contributed by atoms with Gasteiger partial charge < -0.3 is 4.57 Å². The monoisotopic (exact) mass is 234 g/mol. The Labute approximate surface area is 103 Å². The Hall–Kier alpha value is -1.09. The number of hydrogen-bond donors (Lipinski definition) is 0. The highest BCUT2D eigenvalue weighted by atomic mass is 16.1. The molecule has 3 heteroatoms. The van der Waals surface area contributed by atoms with Crippen molar-refractivity contribution < 1.29 is 4.79 Å². The number of hydrogen-bond acceptors (Lipinski definition) is 2. The van der Waals surface area contributed by atoms with Crippen molar-refractivity contribution in [1.29, 1.82) is 0 Å². The summed E-state index contributed by atoms with van der Waals surface area (Å²) in [6, 6.07) is 1.90. The maximum atomic E-state index is 12.0. The number of ketones is 1. The van der Waals surface area contributed by atoms with Gasteiger partial charge in [0.2, 0.25) is 0 Å². The van der Waals surface area contributed by atoms with E-state index in [0.717, 1.165) is 24.6 Å². The first-order valence-electron chi connectivity index (χ1n) is 6.56. The molecule has 1 aromatic rings. The lowest BCUT2D eigenvalue weighted by atomic mass is 10.0. The minimum Gasteiger partial charge on any atom is -0.357 e. The number of likely N-dealkylation sites (tertiary alicyclic amines) is 1. The molecule has 17 heavy (non-hydrogen) atoms. The smallest absolute Gasteiger partial charge is 0.178 e. The highest BCUT2D eigenvalue weighted by molar-refractivity contribution is 5.97. The molecular weight excluding hydrogens is 212 g/mol. The number of carbonyl (C=O) groups is 1. The molecule has 0 radical (unpaired) electrons. The first-order valence-corrected chi connectivity index (χ1v) is 6.56. The van der Waals surface area contributed by atoms with Crippen LogP contribution in [0.4, 0.5) is 0 Å². The first-order chi connectivity index (χ1) is 8.19. The Bertz CT molecular complexity index is 383. The highest BCUT2D eigenvalue weighted by Crippen LogP contribution is 2.20. The summed E-state index contributed by atoms with van der Waals surface area (Å²) in [4.78, 5) is 14.3. The van der Waals surface area contributed by atoms with Gasteiger partial charge in [0.1, 0.15) is 0 Å². The van der Waals surface area contributed by atoms with Crippen LogP contribution in [0.1, 0.15) is 36.5 Å². The van der Waals surface area contributed by atoms with Crippen LogP contribution in [-0.4, -0.2) is 34.9 Å². The highest BCUT2D eigenvalue weighted by Gasteiger charge is 2.23. The topological polar surface area (TPSA) is 25.2 Å². The molecule has 0 aromatic carbocycles. The van der Waals surface area contributed by atoms with E-state index < -0.39 is 0 Å². The molecule has 0 spiro atoms. The van der Waals surface area contributed by atoms with E-state index >= 15 is 0 Å². The van der Waals surface area contributed by atoms with E-state index in [1.54, 1.807) is 0 Å². The van der Waals surface area contributed by atoms with Crippen molar-refractivity contribution in [3.8, 4) is 0 Å². The first kappa shape index (κ1) is 12.4. The van der Waals surface area contributed by atoms with Crippen LogP contribution in [0.15, 0.2) is 18.5 Å². The molecule has 0 amide bonds. The third kappa shape index (κ3) is 3.19. The van der Waals surface area contributed by atoms with Gasteiger partial charge in [-0.2, -0.15) is 0 Å². The molecular formula is C14H22N2O. The third-order valence-electron chi connectivity index (χ3n) is 3.59. The van der Waals surface area contributed by atoms with Crippen molar-refractivity contribution in [2.75, 3.05) is 19.6 Å². The van der Waals surface area contributed by atoms with Crippen molar-refractivity contribution in [2.24, 2.45) is 13.0 Å². The summed E-state index contributed by atoms with van der Waals surface area (Å²) in [6.45, 7) is 5.01. The van der Waals surface area contributed by atoms with E-state index in [0.29, 0.717) is 6.54 Å². The van der Waals surface area contributed by atoms with Gasteiger partial charge in [0.25, 0.3) is 0 Å². The largest absolute Gasteiger partial charge is 0.357 e. The Morgan fingerprint density at radius 3 is 3.00 bits per heavy atom. The number of Topliss-reactive ketones (excluding diaryl/α,β-unsaturated/α-hetero) is 1. The number of carbonyl (C=O) groups excluding carboxylic acids is 1. The maximum Gasteiger partial charge on any atom is 0.178 e. The van der Waals surface area contributed by atoms with Gasteiger partial charge in [0.05, 0.1) is 6.54 Å². The van der Waals surface area contributed by atoms with E-state index in [-0.39, 0.29) is 5.78 Å². The summed E-state index contributed by atoms with van der Waals surface area (Å²) in [7, 11) is 1.95. The lowest BCUT2D eigenvalue weighted by Gasteiger charge is -2.14. The molecule has 0 saturated carbocycles. The zero-order valence-electron chi connectivity index (χ0n) is 10.9. The molecule has 1 atom stereocenters. The standard InChI is InChI=1S/C14H22N2O/c1-3-4-12-5-8-16(9-12)11-14(17)13-6-7-15(2)10-13/h6-7,10,12H,3-5,8-9,11H2,1-2H3. The molecule has 2 rings (SSSR count). The van der Waals surface area contributed by atoms with Gasteiger partial charge in [-0.1, -0.05) is 13.3 Å². The van der Waals surface area contributed by atoms with Crippen LogP contribution in [0.5, 0.6) is 0 Å². The second kappa shape index (κ2) is 5.50. The summed E-state index contributed by atoms with van der Waals surface area (Å²) < 4.78 is 1.93. The van der Waals surface area contributed by atoms with E-state index in [2.05, 4.69) is 11.8 Å². The number of aryl methyl sites for hydroxylation is 1. The zero-order chi connectivity index (χ0) is 12.3. The van der Waals surface area contributed by atoms with Crippen molar-refractivity contribution in [1.82, 2.24) is 9.47 Å². The molecule has 1 unspecified atom stereocenters. The van der Waals surface area contributed by atoms with Gasteiger partial charge in [-0.15, -0.1) is 0 Å². The van der Waals surface area contributed by atoms with Crippen LogP contribution < -0.4 is 0 Å². The Morgan fingerprint density at radius 2 is 2.35 bits per heavy atom. The van der Waals surface area contributed by atoms with Crippen LogP contribution in [0.3, 0.4) is 0 Å². The summed E-state index contributed by atoms with van der Waals surface area (Å²) >= 11 is 0. The number of rotatable bonds is 5.